The molecule has 18 heavy (non-hydrogen) atoms. The highest BCUT2D eigenvalue weighted by atomic mass is 32.1. The molecule has 0 saturated carbocycles. The van der Waals surface area contributed by atoms with Crippen LogP contribution >= 0.6 is 11.3 Å². The molecule has 98 valence electrons. The summed E-state index contributed by atoms with van der Waals surface area (Å²) >= 11 is 1.60. The topological polar surface area (TPSA) is 57.6 Å². The summed E-state index contributed by atoms with van der Waals surface area (Å²) in [5, 5.41) is 12.6. The van der Waals surface area contributed by atoms with Gasteiger partial charge in [-0.25, -0.2) is 0 Å². The predicted octanol–water partition coefficient (Wildman–Crippen LogP) is 2.00. The molecule has 2 rings (SSSR count). The highest BCUT2D eigenvalue weighted by molar-refractivity contribution is 7.07. The Bertz CT molecular complexity index is 416. The molecule has 1 N–H and O–H groups in total. The lowest BCUT2D eigenvalue weighted by molar-refractivity contribution is -0.137. The van der Waals surface area contributed by atoms with Gasteiger partial charge in [-0.3, -0.25) is 9.59 Å². The lowest BCUT2D eigenvalue weighted by Gasteiger charge is -2.16. The molecule has 1 saturated heterocycles. The average molecular weight is 267 g/mol. The van der Waals surface area contributed by atoms with Crippen LogP contribution in [-0.2, 0) is 16.0 Å². The van der Waals surface area contributed by atoms with Gasteiger partial charge in [-0.2, -0.15) is 11.3 Å². The molecule has 0 bridgehead atoms. The minimum atomic E-state index is -0.752. The maximum atomic E-state index is 12.0. The van der Waals surface area contributed by atoms with Gasteiger partial charge >= 0.3 is 5.97 Å². The molecule has 0 aromatic carbocycles. The summed E-state index contributed by atoms with van der Waals surface area (Å²) in [5.74, 6) is -0.239. The fourth-order valence-electron chi connectivity index (χ4n) is 2.30. The van der Waals surface area contributed by atoms with Gasteiger partial charge in [0.25, 0.3) is 0 Å². The number of carbonyl (C=O) groups is 2. The van der Waals surface area contributed by atoms with E-state index in [0.29, 0.717) is 18.8 Å². The van der Waals surface area contributed by atoms with Crippen molar-refractivity contribution in [1.82, 2.24) is 4.90 Å². The quantitative estimate of drug-likeness (QED) is 0.887. The van der Waals surface area contributed by atoms with Gasteiger partial charge in [0.05, 0.1) is 6.42 Å². The van der Waals surface area contributed by atoms with Crippen LogP contribution in [0, 0.1) is 5.92 Å². The first-order valence-electron chi connectivity index (χ1n) is 6.16. The molecule has 1 aliphatic heterocycles. The number of carbonyl (C=O) groups excluding carboxylic acids is 1. The molecule has 2 heterocycles. The van der Waals surface area contributed by atoms with Crippen LogP contribution in [0.1, 0.15) is 24.8 Å². The standard InChI is InChI=1S/C13H17NO3S/c15-12(7-11-4-6-18-9-11)14-5-3-10(8-14)1-2-13(16)17/h4,6,9-10H,1-3,5,7-8H2,(H,16,17). The summed E-state index contributed by atoms with van der Waals surface area (Å²) in [6.07, 6.45) is 2.28. The molecule has 0 spiro atoms. The van der Waals surface area contributed by atoms with Crippen LogP contribution in [0.3, 0.4) is 0 Å². The molecule has 0 radical (unpaired) electrons. The number of carboxylic acid groups (broad SMARTS) is 1. The van der Waals surface area contributed by atoms with Crippen molar-refractivity contribution >= 4 is 23.2 Å². The van der Waals surface area contributed by atoms with E-state index in [1.165, 1.54) is 0 Å². The molecule has 1 amide bonds. The van der Waals surface area contributed by atoms with E-state index < -0.39 is 5.97 Å². The van der Waals surface area contributed by atoms with Crippen LogP contribution in [0.2, 0.25) is 0 Å². The van der Waals surface area contributed by atoms with Crippen molar-refractivity contribution in [2.24, 2.45) is 5.92 Å². The molecule has 4 nitrogen and oxygen atoms in total. The van der Waals surface area contributed by atoms with Crippen molar-refractivity contribution in [3.63, 3.8) is 0 Å². The first-order chi connectivity index (χ1) is 8.65. The van der Waals surface area contributed by atoms with E-state index in [-0.39, 0.29) is 12.3 Å². The number of hydrogen-bond donors (Lipinski definition) is 1. The molecular formula is C13H17NO3S. The Morgan fingerprint density at radius 3 is 3.00 bits per heavy atom. The molecule has 1 aromatic heterocycles. The van der Waals surface area contributed by atoms with Crippen LogP contribution in [0.4, 0.5) is 0 Å². The second kappa shape index (κ2) is 6.00. The average Bonchev–Trinajstić information content (AvgIpc) is 2.96. The number of amides is 1. The van der Waals surface area contributed by atoms with Gasteiger partial charge in [-0.05, 0) is 41.1 Å². The largest absolute Gasteiger partial charge is 0.481 e. The first-order valence-corrected chi connectivity index (χ1v) is 7.10. The van der Waals surface area contributed by atoms with Crippen molar-refractivity contribution < 1.29 is 14.7 Å². The monoisotopic (exact) mass is 267 g/mol. The van der Waals surface area contributed by atoms with Crippen LogP contribution in [0.25, 0.3) is 0 Å². The molecule has 0 aliphatic carbocycles. The molecule has 5 heteroatoms. The molecule has 1 fully saturated rings. The summed E-state index contributed by atoms with van der Waals surface area (Å²) in [7, 11) is 0. The van der Waals surface area contributed by atoms with Crippen molar-refractivity contribution in [1.29, 1.82) is 0 Å². The molecule has 1 unspecified atom stereocenters. The third-order valence-electron chi connectivity index (χ3n) is 3.34. The van der Waals surface area contributed by atoms with Gasteiger partial charge in [0.2, 0.25) is 5.91 Å². The summed E-state index contributed by atoms with van der Waals surface area (Å²) < 4.78 is 0. The fourth-order valence-corrected chi connectivity index (χ4v) is 2.97. The fraction of sp³-hybridized carbons (Fsp3) is 0.538. The maximum Gasteiger partial charge on any atom is 0.303 e. The van der Waals surface area contributed by atoms with Gasteiger partial charge in [0, 0.05) is 19.5 Å². The Morgan fingerprint density at radius 1 is 1.50 bits per heavy atom. The normalized spacial score (nSPS) is 19.1. The Labute approximate surface area is 110 Å². The minimum absolute atomic E-state index is 0.159. The minimum Gasteiger partial charge on any atom is -0.481 e. The van der Waals surface area contributed by atoms with E-state index in [0.717, 1.165) is 25.1 Å². The SMILES string of the molecule is O=C(O)CCC1CCN(C(=O)Cc2ccsc2)C1. The number of nitrogens with zero attached hydrogens (tertiary/aromatic N) is 1. The predicted molar refractivity (Wildman–Crippen MR) is 69.6 cm³/mol. The highest BCUT2D eigenvalue weighted by Crippen LogP contribution is 2.22. The second-order valence-corrected chi connectivity index (χ2v) is 5.52. The van der Waals surface area contributed by atoms with Crippen molar-refractivity contribution in [2.75, 3.05) is 13.1 Å². The van der Waals surface area contributed by atoms with Gasteiger partial charge in [-0.15, -0.1) is 0 Å². The van der Waals surface area contributed by atoms with Crippen LogP contribution in [-0.4, -0.2) is 35.0 Å². The molecule has 1 aromatic rings. The number of rotatable bonds is 5. The zero-order chi connectivity index (χ0) is 13.0. The van der Waals surface area contributed by atoms with Crippen molar-refractivity contribution in [3.8, 4) is 0 Å². The van der Waals surface area contributed by atoms with E-state index >= 15 is 0 Å². The van der Waals surface area contributed by atoms with E-state index in [1.54, 1.807) is 11.3 Å². The van der Waals surface area contributed by atoms with E-state index in [2.05, 4.69) is 0 Å². The Balaban J connectivity index is 1.77. The highest BCUT2D eigenvalue weighted by Gasteiger charge is 2.26. The maximum absolute atomic E-state index is 12.0. The number of likely N-dealkylation sites (tertiary alicyclic amines) is 1. The summed E-state index contributed by atoms with van der Waals surface area (Å²) in [6.45, 7) is 1.49. The third kappa shape index (κ3) is 3.57. The van der Waals surface area contributed by atoms with E-state index in [9.17, 15) is 9.59 Å². The number of hydrogen-bond acceptors (Lipinski definition) is 3. The van der Waals surface area contributed by atoms with Gasteiger partial charge in [0.15, 0.2) is 0 Å². The van der Waals surface area contributed by atoms with Crippen LogP contribution in [0.15, 0.2) is 16.8 Å². The molecular weight excluding hydrogens is 250 g/mol. The van der Waals surface area contributed by atoms with Crippen LogP contribution < -0.4 is 0 Å². The molecule has 1 aliphatic rings. The number of thiophene rings is 1. The van der Waals surface area contributed by atoms with Gasteiger partial charge < -0.3 is 10.0 Å². The Kier molecular flexibility index (Phi) is 4.36. The first kappa shape index (κ1) is 13.1. The van der Waals surface area contributed by atoms with Gasteiger partial charge in [-0.1, -0.05) is 0 Å². The zero-order valence-electron chi connectivity index (χ0n) is 10.2. The van der Waals surface area contributed by atoms with Gasteiger partial charge in [0.1, 0.15) is 0 Å². The van der Waals surface area contributed by atoms with E-state index in [1.807, 2.05) is 21.7 Å². The summed E-state index contributed by atoms with van der Waals surface area (Å²) in [6, 6.07) is 1.97. The molecule has 1 atom stereocenters. The third-order valence-corrected chi connectivity index (χ3v) is 4.07. The second-order valence-electron chi connectivity index (χ2n) is 4.74. The summed E-state index contributed by atoms with van der Waals surface area (Å²) in [4.78, 5) is 24.4. The van der Waals surface area contributed by atoms with Crippen molar-refractivity contribution in [3.05, 3.63) is 22.4 Å². The Hall–Kier alpha value is -1.36. The summed E-state index contributed by atoms with van der Waals surface area (Å²) in [5.41, 5.74) is 1.07. The van der Waals surface area contributed by atoms with E-state index in [4.69, 9.17) is 5.11 Å². The number of carboxylic acids is 1. The van der Waals surface area contributed by atoms with Crippen molar-refractivity contribution in [2.45, 2.75) is 25.7 Å². The Morgan fingerprint density at radius 2 is 2.33 bits per heavy atom. The number of aliphatic carboxylic acids is 1. The smallest absolute Gasteiger partial charge is 0.303 e. The lowest BCUT2D eigenvalue weighted by atomic mass is 10.0. The zero-order valence-corrected chi connectivity index (χ0v) is 11.0. The lowest BCUT2D eigenvalue weighted by Crippen LogP contribution is -2.30. The van der Waals surface area contributed by atoms with Crippen LogP contribution in [0.5, 0.6) is 0 Å².